The summed E-state index contributed by atoms with van der Waals surface area (Å²) in [6.07, 6.45) is 0. The van der Waals surface area contributed by atoms with Gasteiger partial charge in [0.15, 0.2) is 0 Å². The van der Waals surface area contributed by atoms with Gasteiger partial charge in [-0.3, -0.25) is 0 Å². The van der Waals surface area contributed by atoms with E-state index in [1.54, 1.807) is 30.3 Å². The van der Waals surface area contributed by atoms with E-state index in [0.29, 0.717) is 10.6 Å². The van der Waals surface area contributed by atoms with Crippen molar-refractivity contribution in [2.75, 3.05) is 0 Å². The van der Waals surface area contributed by atoms with Crippen molar-refractivity contribution in [2.24, 2.45) is 0 Å². The molecule has 3 nitrogen and oxygen atoms in total. The third-order valence-electron chi connectivity index (χ3n) is 5.17. The fraction of sp³-hybridized carbons (Fsp3) is 0.0769. The Kier molecular flexibility index (Phi) is 6.23. The highest BCUT2D eigenvalue weighted by molar-refractivity contribution is 7.89. The van der Waals surface area contributed by atoms with Crippen LogP contribution in [-0.2, 0) is 10.0 Å². The minimum Gasteiger partial charge on any atom is -0.207 e. The maximum absolute atomic E-state index is 13.1. The van der Waals surface area contributed by atoms with E-state index in [1.807, 2.05) is 79.7 Å². The van der Waals surface area contributed by atoms with E-state index in [-0.39, 0.29) is 4.90 Å². The topological polar surface area (TPSA) is 46.2 Å². The Morgan fingerprint density at radius 1 is 0.710 bits per heavy atom. The summed E-state index contributed by atoms with van der Waals surface area (Å²) in [6, 6.07) is 31.4. The molecule has 0 aliphatic carbocycles. The number of hydrogen-bond acceptors (Lipinski definition) is 2. The average molecular weight is 448 g/mol. The minimum atomic E-state index is -3.76. The van der Waals surface area contributed by atoms with Crippen LogP contribution in [0.25, 0.3) is 11.1 Å². The van der Waals surface area contributed by atoms with Gasteiger partial charge in [0.1, 0.15) is 0 Å². The standard InChI is InChI=1S/C26H22ClNO2S/c1-19-11-17-23(18-12-19)31(29,30)28-26(24-9-5-6-10-25(24)27)22-15-13-21(14-16-22)20-7-3-2-4-8-20/h2-18,26,28H,1H3. The third-order valence-corrected chi connectivity index (χ3v) is 6.95. The highest BCUT2D eigenvalue weighted by atomic mass is 35.5. The Bertz CT molecular complexity index is 1270. The molecule has 0 radical (unpaired) electrons. The van der Waals surface area contributed by atoms with E-state index in [4.69, 9.17) is 11.6 Å². The second kappa shape index (κ2) is 9.06. The van der Waals surface area contributed by atoms with Crippen molar-refractivity contribution < 1.29 is 8.42 Å². The van der Waals surface area contributed by atoms with Crippen LogP contribution in [0.4, 0.5) is 0 Å². The van der Waals surface area contributed by atoms with Crippen LogP contribution in [0, 0.1) is 6.92 Å². The van der Waals surface area contributed by atoms with E-state index in [1.165, 1.54) is 0 Å². The van der Waals surface area contributed by atoms with Crippen molar-refractivity contribution in [3.05, 3.63) is 125 Å². The molecule has 5 heteroatoms. The summed E-state index contributed by atoms with van der Waals surface area (Å²) in [5, 5.41) is 0.506. The van der Waals surface area contributed by atoms with Crippen LogP contribution in [-0.4, -0.2) is 8.42 Å². The largest absolute Gasteiger partial charge is 0.241 e. The highest BCUT2D eigenvalue weighted by Gasteiger charge is 2.24. The van der Waals surface area contributed by atoms with Crippen LogP contribution in [0.3, 0.4) is 0 Å². The van der Waals surface area contributed by atoms with Crippen LogP contribution >= 0.6 is 11.6 Å². The van der Waals surface area contributed by atoms with Gasteiger partial charge in [0.2, 0.25) is 10.0 Å². The predicted molar refractivity (Wildman–Crippen MR) is 127 cm³/mol. The first-order valence-electron chi connectivity index (χ1n) is 9.93. The number of benzene rings is 4. The quantitative estimate of drug-likeness (QED) is 0.372. The molecule has 0 amide bonds. The molecule has 1 N–H and O–H groups in total. The first-order chi connectivity index (χ1) is 14.9. The number of hydrogen-bond donors (Lipinski definition) is 1. The molecule has 31 heavy (non-hydrogen) atoms. The molecule has 0 aliphatic rings. The van der Waals surface area contributed by atoms with Crippen LogP contribution in [0.5, 0.6) is 0 Å². The van der Waals surface area contributed by atoms with Crippen molar-refractivity contribution in [3.8, 4) is 11.1 Å². The first kappa shape index (κ1) is 21.3. The number of halogens is 1. The van der Waals surface area contributed by atoms with Crippen molar-refractivity contribution in [2.45, 2.75) is 17.9 Å². The fourth-order valence-electron chi connectivity index (χ4n) is 3.46. The molecule has 4 aromatic carbocycles. The van der Waals surface area contributed by atoms with E-state index in [2.05, 4.69) is 4.72 Å². The first-order valence-corrected chi connectivity index (χ1v) is 11.8. The van der Waals surface area contributed by atoms with Gasteiger partial charge >= 0.3 is 0 Å². The lowest BCUT2D eigenvalue weighted by molar-refractivity contribution is 0.572. The van der Waals surface area contributed by atoms with Crippen LogP contribution < -0.4 is 4.72 Å². The molecule has 0 heterocycles. The molecule has 156 valence electrons. The Balaban J connectivity index is 1.73. The average Bonchev–Trinajstić information content (AvgIpc) is 2.79. The lowest BCUT2D eigenvalue weighted by Gasteiger charge is -2.21. The Morgan fingerprint density at radius 3 is 1.94 bits per heavy atom. The number of sulfonamides is 1. The Labute approximate surface area is 188 Å². The molecule has 0 saturated heterocycles. The second-order valence-corrected chi connectivity index (χ2v) is 9.50. The lowest BCUT2D eigenvalue weighted by atomic mass is 9.97. The molecular formula is C26H22ClNO2S. The Hall–Kier alpha value is -2.92. The smallest absolute Gasteiger partial charge is 0.207 e. The van der Waals surface area contributed by atoms with Gasteiger partial charge in [0.05, 0.1) is 10.9 Å². The zero-order valence-corrected chi connectivity index (χ0v) is 18.6. The Morgan fingerprint density at radius 2 is 1.29 bits per heavy atom. The number of nitrogens with one attached hydrogen (secondary N) is 1. The highest BCUT2D eigenvalue weighted by Crippen LogP contribution is 2.31. The van der Waals surface area contributed by atoms with Crippen LogP contribution in [0.15, 0.2) is 108 Å². The molecule has 0 spiro atoms. The van der Waals surface area contributed by atoms with Crippen molar-refractivity contribution in [1.82, 2.24) is 4.72 Å². The van der Waals surface area contributed by atoms with Gasteiger partial charge in [-0.2, -0.15) is 4.72 Å². The van der Waals surface area contributed by atoms with E-state index >= 15 is 0 Å². The van der Waals surface area contributed by atoms with Gasteiger partial charge in [-0.15, -0.1) is 0 Å². The summed E-state index contributed by atoms with van der Waals surface area (Å²) in [5.74, 6) is 0. The number of aryl methyl sites for hydroxylation is 1. The minimum absolute atomic E-state index is 0.219. The molecule has 0 bridgehead atoms. The van der Waals surface area contributed by atoms with Gasteiger partial charge in [0, 0.05) is 5.02 Å². The van der Waals surface area contributed by atoms with Gasteiger partial charge in [0.25, 0.3) is 0 Å². The molecule has 0 aromatic heterocycles. The van der Waals surface area contributed by atoms with Crippen molar-refractivity contribution in [1.29, 1.82) is 0 Å². The maximum atomic E-state index is 13.1. The lowest BCUT2D eigenvalue weighted by Crippen LogP contribution is -2.29. The van der Waals surface area contributed by atoms with Gasteiger partial charge in [-0.25, -0.2) is 8.42 Å². The van der Waals surface area contributed by atoms with Gasteiger partial charge in [-0.05, 0) is 47.4 Å². The van der Waals surface area contributed by atoms with E-state index in [0.717, 1.165) is 22.3 Å². The summed E-state index contributed by atoms with van der Waals surface area (Å²) in [6.45, 7) is 1.92. The van der Waals surface area contributed by atoms with Crippen molar-refractivity contribution in [3.63, 3.8) is 0 Å². The second-order valence-electron chi connectivity index (χ2n) is 7.38. The van der Waals surface area contributed by atoms with Crippen molar-refractivity contribution >= 4 is 21.6 Å². The summed E-state index contributed by atoms with van der Waals surface area (Å²) in [4.78, 5) is 0.219. The van der Waals surface area contributed by atoms with Crippen LogP contribution in [0.2, 0.25) is 5.02 Å². The number of rotatable bonds is 6. The van der Waals surface area contributed by atoms with Gasteiger partial charge < -0.3 is 0 Å². The summed E-state index contributed by atoms with van der Waals surface area (Å²) < 4.78 is 29.1. The van der Waals surface area contributed by atoms with E-state index in [9.17, 15) is 8.42 Å². The van der Waals surface area contributed by atoms with Crippen LogP contribution in [0.1, 0.15) is 22.7 Å². The third kappa shape index (κ3) is 4.88. The SMILES string of the molecule is Cc1ccc(S(=O)(=O)NC(c2ccc(-c3ccccc3)cc2)c2ccccc2Cl)cc1. The molecule has 4 aromatic rings. The molecule has 0 saturated carbocycles. The predicted octanol–water partition coefficient (Wildman–Crippen LogP) is 6.38. The molecule has 0 fully saturated rings. The van der Waals surface area contributed by atoms with E-state index < -0.39 is 16.1 Å². The summed E-state index contributed by atoms with van der Waals surface area (Å²) in [7, 11) is -3.76. The zero-order valence-electron chi connectivity index (χ0n) is 17.0. The molecular weight excluding hydrogens is 426 g/mol. The fourth-order valence-corrected chi connectivity index (χ4v) is 4.91. The summed E-state index contributed by atoms with van der Waals surface area (Å²) in [5.41, 5.74) is 4.67. The molecule has 1 atom stereocenters. The molecule has 4 rings (SSSR count). The monoisotopic (exact) mass is 447 g/mol. The molecule has 0 aliphatic heterocycles. The summed E-state index contributed by atoms with van der Waals surface area (Å²) >= 11 is 6.46. The van der Waals surface area contributed by atoms with Gasteiger partial charge in [-0.1, -0.05) is 102 Å². The molecule has 1 unspecified atom stereocenters. The zero-order chi connectivity index (χ0) is 21.8. The normalized spacial score (nSPS) is 12.5. The maximum Gasteiger partial charge on any atom is 0.241 e.